The molecule has 34 heavy (non-hydrogen) atoms. The molecule has 0 atom stereocenters. The van der Waals surface area contributed by atoms with Crippen molar-refractivity contribution >= 4 is 17.5 Å². The van der Waals surface area contributed by atoms with Crippen LogP contribution in [0.4, 0.5) is 4.39 Å². The summed E-state index contributed by atoms with van der Waals surface area (Å²) >= 11 is 6.16. The predicted octanol–water partition coefficient (Wildman–Crippen LogP) is 4.77. The number of nitrogens with zero attached hydrogens (tertiary/aromatic N) is 3. The molecule has 3 aromatic rings. The molecule has 1 aliphatic heterocycles. The molecular formula is C26H30ClFN4O2. The number of benzene rings is 2. The van der Waals surface area contributed by atoms with E-state index < -0.39 is 5.82 Å². The Bertz CT molecular complexity index is 1080. The highest BCUT2D eigenvalue weighted by molar-refractivity contribution is 6.33. The number of aromatic nitrogens is 1. The Morgan fingerprint density at radius 3 is 2.53 bits per heavy atom. The molecule has 6 nitrogen and oxygen atoms in total. The zero-order chi connectivity index (χ0) is 23.9. The number of amides is 1. The summed E-state index contributed by atoms with van der Waals surface area (Å²) in [5, 5.41) is 7.00. The van der Waals surface area contributed by atoms with E-state index in [1.54, 1.807) is 13.0 Å². The van der Waals surface area contributed by atoms with Gasteiger partial charge in [-0.15, -0.1) is 0 Å². The number of hydrogen-bond donors (Lipinski definition) is 1. The quantitative estimate of drug-likeness (QED) is 0.443. The number of nitrogens with one attached hydrogen (secondary N) is 1. The average molecular weight is 485 g/mol. The van der Waals surface area contributed by atoms with Gasteiger partial charge in [-0.05, 0) is 44.0 Å². The highest BCUT2D eigenvalue weighted by atomic mass is 35.5. The van der Waals surface area contributed by atoms with Crippen molar-refractivity contribution in [1.82, 2.24) is 20.3 Å². The highest BCUT2D eigenvalue weighted by Gasteiger charge is 2.25. The molecule has 180 valence electrons. The molecule has 1 saturated heterocycles. The second-order valence-corrected chi connectivity index (χ2v) is 9.03. The Hall–Kier alpha value is -2.74. The first-order chi connectivity index (χ1) is 16.5. The second-order valence-electron chi connectivity index (χ2n) is 8.63. The van der Waals surface area contributed by atoms with E-state index in [-0.39, 0.29) is 27.8 Å². The molecule has 2 heterocycles. The smallest absolute Gasteiger partial charge is 0.257 e. The third-order valence-corrected chi connectivity index (χ3v) is 6.50. The van der Waals surface area contributed by atoms with Crippen LogP contribution in [0.1, 0.15) is 34.5 Å². The van der Waals surface area contributed by atoms with Crippen molar-refractivity contribution in [3.8, 4) is 11.3 Å². The molecule has 2 aromatic carbocycles. The molecule has 0 bridgehead atoms. The first-order valence-corrected chi connectivity index (χ1v) is 12.1. The van der Waals surface area contributed by atoms with Crippen LogP contribution in [-0.2, 0) is 6.54 Å². The first-order valence-electron chi connectivity index (χ1n) is 11.7. The summed E-state index contributed by atoms with van der Waals surface area (Å²) in [6.07, 6.45) is 1.85. The fourth-order valence-corrected chi connectivity index (χ4v) is 4.55. The van der Waals surface area contributed by atoms with Gasteiger partial charge in [-0.3, -0.25) is 9.69 Å². The van der Waals surface area contributed by atoms with Gasteiger partial charge < -0.3 is 14.7 Å². The predicted molar refractivity (Wildman–Crippen MR) is 131 cm³/mol. The van der Waals surface area contributed by atoms with E-state index in [0.29, 0.717) is 12.3 Å². The van der Waals surface area contributed by atoms with Crippen molar-refractivity contribution in [3.05, 3.63) is 76.3 Å². The maximum Gasteiger partial charge on any atom is 0.257 e. The van der Waals surface area contributed by atoms with Crippen LogP contribution in [0.25, 0.3) is 11.3 Å². The summed E-state index contributed by atoms with van der Waals surface area (Å²) in [5.74, 6) is -0.540. The van der Waals surface area contributed by atoms with Gasteiger partial charge in [0.15, 0.2) is 0 Å². The molecular weight excluding hydrogens is 455 g/mol. The molecule has 8 heteroatoms. The fraction of sp³-hybridized carbons (Fsp3) is 0.385. The van der Waals surface area contributed by atoms with Gasteiger partial charge in [0.25, 0.3) is 5.91 Å². The van der Waals surface area contributed by atoms with Crippen LogP contribution in [0.5, 0.6) is 0 Å². The maximum absolute atomic E-state index is 14.3. The van der Waals surface area contributed by atoms with E-state index in [9.17, 15) is 9.18 Å². The Kier molecular flexibility index (Phi) is 8.32. The number of carbonyl (C=O) groups is 1. The SMILES string of the molecule is Cc1onc(-c2c(F)cccc2Cl)c1C(=O)NCCCCN1CCN(Cc2ccccc2)CC1. The van der Waals surface area contributed by atoms with E-state index in [0.717, 1.165) is 52.1 Å². The summed E-state index contributed by atoms with van der Waals surface area (Å²) in [5.41, 5.74) is 1.79. The largest absolute Gasteiger partial charge is 0.360 e. The van der Waals surface area contributed by atoms with E-state index in [4.69, 9.17) is 16.1 Å². The molecule has 0 saturated carbocycles. The van der Waals surface area contributed by atoms with Crippen molar-refractivity contribution in [3.63, 3.8) is 0 Å². The highest BCUT2D eigenvalue weighted by Crippen LogP contribution is 2.33. The van der Waals surface area contributed by atoms with Crippen LogP contribution in [0.15, 0.2) is 53.1 Å². The fourth-order valence-electron chi connectivity index (χ4n) is 4.30. The van der Waals surface area contributed by atoms with E-state index >= 15 is 0 Å². The lowest BCUT2D eigenvalue weighted by Gasteiger charge is -2.34. The molecule has 4 rings (SSSR count). The van der Waals surface area contributed by atoms with Crippen LogP contribution in [-0.4, -0.2) is 60.1 Å². The van der Waals surface area contributed by atoms with Crippen LogP contribution in [0.3, 0.4) is 0 Å². The summed E-state index contributed by atoms with van der Waals surface area (Å²) < 4.78 is 19.5. The third-order valence-electron chi connectivity index (χ3n) is 6.19. The standard InChI is InChI=1S/C26H30ClFN4O2/c1-19-23(25(30-34-19)24-21(27)10-7-11-22(24)28)26(33)29-12-5-6-13-31-14-16-32(17-15-31)18-20-8-3-2-4-9-20/h2-4,7-11H,5-6,12-18H2,1H3,(H,29,33). The zero-order valence-electron chi connectivity index (χ0n) is 19.4. The third kappa shape index (κ3) is 6.03. The normalized spacial score (nSPS) is 14.9. The number of rotatable bonds is 9. The van der Waals surface area contributed by atoms with Crippen molar-refractivity contribution in [2.45, 2.75) is 26.3 Å². The van der Waals surface area contributed by atoms with Gasteiger partial charge in [-0.2, -0.15) is 0 Å². The van der Waals surface area contributed by atoms with Crippen molar-refractivity contribution in [2.75, 3.05) is 39.3 Å². The van der Waals surface area contributed by atoms with Crippen molar-refractivity contribution in [1.29, 1.82) is 0 Å². The second kappa shape index (κ2) is 11.6. The van der Waals surface area contributed by atoms with Gasteiger partial charge in [0.2, 0.25) is 0 Å². The molecule has 1 fully saturated rings. The maximum atomic E-state index is 14.3. The minimum Gasteiger partial charge on any atom is -0.360 e. The van der Waals surface area contributed by atoms with Crippen molar-refractivity contribution in [2.24, 2.45) is 0 Å². The number of unbranched alkanes of at least 4 members (excludes halogenated alkanes) is 1. The Morgan fingerprint density at radius 2 is 1.79 bits per heavy atom. The molecule has 0 aliphatic carbocycles. The van der Waals surface area contributed by atoms with Gasteiger partial charge in [-0.25, -0.2) is 4.39 Å². The van der Waals surface area contributed by atoms with Gasteiger partial charge in [0.1, 0.15) is 22.8 Å². The van der Waals surface area contributed by atoms with Gasteiger partial charge in [0.05, 0.1) is 10.6 Å². The van der Waals surface area contributed by atoms with Crippen LogP contribution in [0.2, 0.25) is 5.02 Å². The molecule has 0 spiro atoms. The molecule has 1 aliphatic rings. The molecule has 0 radical (unpaired) electrons. The lowest BCUT2D eigenvalue weighted by molar-refractivity contribution is 0.0950. The van der Waals surface area contributed by atoms with Crippen LogP contribution < -0.4 is 5.32 Å². The molecule has 0 unspecified atom stereocenters. The minimum atomic E-state index is -0.543. The summed E-state index contributed by atoms with van der Waals surface area (Å²) in [4.78, 5) is 17.8. The first kappa shape index (κ1) is 24.4. The Morgan fingerprint density at radius 1 is 1.06 bits per heavy atom. The Labute approximate surface area is 204 Å². The van der Waals surface area contributed by atoms with Crippen LogP contribution >= 0.6 is 11.6 Å². The van der Waals surface area contributed by atoms with Crippen molar-refractivity contribution < 1.29 is 13.7 Å². The van der Waals surface area contributed by atoms with E-state index in [2.05, 4.69) is 50.6 Å². The summed E-state index contributed by atoms with van der Waals surface area (Å²) in [7, 11) is 0. The monoisotopic (exact) mass is 484 g/mol. The number of carbonyl (C=O) groups excluding carboxylic acids is 1. The van der Waals surface area contributed by atoms with E-state index in [1.165, 1.54) is 17.7 Å². The molecule has 1 aromatic heterocycles. The zero-order valence-corrected chi connectivity index (χ0v) is 20.2. The minimum absolute atomic E-state index is 0.0811. The lowest BCUT2D eigenvalue weighted by Crippen LogP contribution is -2.46. The summed E-state index contributed by atoms with van der Waals surface area (Å²) in [6, 6.07) is 14.9. The lowest BCUT2D eigenvalue weighted by atomic mass is 10.0. The number of halogens is 2. The van der Waals surface area contributed by atoms with Gasteiger partial charge in [0, 0.05) is 39.3 Å². The Balaban J connectivity index is 1.20. The van der Waals surface area contributed by atoms with Crippen LogP contribution in [0, 0.1) is 12.7 Å². The summed E-state index contributed by atoms with van der Waals surface area (Å²) in [6.45, 7) is 8.44. The van der Waals surface area contributed by atoms with Gasteiger partial charge >= 0.3 is 0 Å². The topological polar surface area (TPSA) is 61.6 Å². The van der Waals surface area contributed by atoms with E-state index in [1.807, 2.05) is 0 Å². The van der Waals surface area contributed by atoms with Gasteiger partial charge in [-0.1, -0.05) is 53.2 Å². The average Bonchev–Trinajstić information content (AvgIpc) is 3.21. The molecule has 1 N–H and O–H groups in total. The molecule has 1 amide bonds. The number of hydrogen-bond acceptors (Lipinski definition) is 5. The number of aryl methyl sites for hydroxylation is 1. The number of piperazine rings is 1.